The van der Waals surface area contributed by atoms with Crippen LogP contribution in [0.15, 0.2) is 66.9 Å². The molecule has 0 aliphatic rings. The van der Waals surface area contributed by atoms with E-state index in [0.717, 1.165) is 24.3 Å². The van der Waals surface area contributed by atoms with E-state index in [0.29, 0.717) is 0 Å². The molecule has 0 radical (unpaired) electrons. The van der Waals surface area contributed by atoms with Crippen LogP contribution in [-0.2, 0) is 13.1 Å². The molecule has 100 valence electrons. The summed E-state index contributed by atoms with van der Waals surface area (Å²) in [5.74, 6) is 0. The molecule has 0 amide bonds. The zero-order valence-electron chi connectivity index (χ0n) is 11.2. The molecule has 0 saturated heterocycles. The lowest BCUT2D eigenvalue weighted by Gasteiger charge is -2.06. The highest BCUT2D eigenvalue weighted by Gasteiger charge is 1.99. The van der Waals surface area contributed by atoms with Crippen LogP contribution in [0.5, 0.6) is 0 Å². The number of rotatable bonds is 5. The molecule has 1 aromatic heterocycles. The van der Waals surface area contributed by atoms with E-state index >= 15 is 0 Å². The second-order valence-corrected chi connectivity index (χ2v) is 4.76. The molecule has 0 bridgehead atoms. The van der Waals surface area contributed by atoms with Crippen LogP contribution in [0.25, 0.3) is 11.3 Å². The Morgan fingerprint density at radius 3 is 2.15 bits per heavy atom. The predicted molar refractivity (Wildman–Crippen MR) is 81.0 cm³/mol. The van der Waals surface area contributed by atoms with Crippen molar-refractivity contribution in [1.29, 1.82) is 0 Å². The van der Waals surface area contributed by atoms with E-state index in [1.807, 2.05) is 12.1 Å². The molecule has 0 atom stereocenters. The van der Waals surface area contributed by atoms with Gasteiger partial charge in [0.05, 0.1) is 5.69 Å². The summed E-state index contributed by atoms with van der Waals surface area (Å²) in [6, 6.07) is 20.9. The number of nitrogens with zero attached hydrogens (tertiary/aromatic N) is 1. The average Bonchev–Trinajstić information content (AvgIpc) is 3.03. The summed E-state index contributed by atoms with van der Waals surface area (Å²) in [7, 11) is 0. The number of hydrogen-bond acceptors (Lipinski definition) is 2. The van der Waals surface area contributed by atoms with Crippen LogP contribution in [0.1, 0.15) is 11.1 Å². The van der Waals surface area contributed by atoms with Crippen molar-refractivity contribution in [2.24, 2.45) is 0 Å². The van der Waals surface area contributed by atoms with Crippen molar-refractivity contribution >= 4 is 0 Å². The minimum absolute atomic E-state index is 0.873. The smallest absolute Gasteiger partial charge is 0.0650 e. The fourth-order valence-corrected chi connectivity index (χ4v) is 2.17. The Morgan fingerprint density at radius 1 is 0.800 bits per heavy atom. The molecule has 2 aromatic carbocycles. The van der Waals surface area contributed by atoms with Crippen molar-refractivity contribution in [1.82, 2.24) is 15.5 Å². The van der Waals surface area contributed by atoms with Gasteiger partial charge in [-0.25, -0.2) is 0 Å². The van der Waals surface area contributed by atoms with E-state index in [1.54, 1.807) is 6.20 Å². The van der Waals surface area contributed by atoms with Crippen LogP contribution >= 0.6 is 0 Å². The topological polar surface area (TPSA) is 40.7 Å². The highest BCUT2D eigenvalue weighted by atomic mass is 15.1. The van der Waals surface area contributed by atoms with Gasteiger partial charge in [0.25, 0.3) is 0 Å². The monoisotopic (exact) mass is 263 g/mol. The maximum Gasteiger partial charge on any atom is 0.0650 e. The summed E-state index contributed by atoms with van der Waals surface area (Å²) in [6.07, 6.45) is 1.77. The largest absolute Gasteiger partial charge is 0.309 e. The lowest BCUT2D eigenvalue weighted by atomic mass is 10.1. The molecular formula is C17H17N3. The second kappa shape index (κ2) is 6.17. The van der Waals surface area contributed by atoms with Crippen molar-refractivity contribution < 1.29 is 0 Å². The van der Waals surface area contributed by atoms with Gasteiger partial charge in [0.1, 0.15) is 0 Å². The Bertz CT molecular complexity index is 628. The predicted octanol–water partition coefficient (Wildman–Crippen LogP) is 3.37. The molecule has 0 aliphatic heterocycles. The first-order valence-corrected chi connectivity index (χ1v) is 6.75. The van der Waals surface area contributed by atoms with Crippen LogP contribution in [-0.4, -0.2) is 10.2 Å². The van der Waals surface area contributed by atoms with Crippen molar-refractivity contribution in [2.75, 3.05) is 0 Å². The van der Waals surface area contributed by atoms with E-state index in [4.69, 9.17) is 0 Å². The highest BCUT2D eigenvalue weighted by Crippen LogP contribution is 2.16. The number of hydrogen-bond donors (Lipinski definition) is 2. The van der Waals surface area contributed by atoms with Gasteiger partial charge in [0.15, 0.2) is 0 Å². The maximum absolute atomic E-state index is 3.97. The molecule has 0 unspecified atom stereocenters. The summed E-state index contributed by atoms with van der Waals surface area (Å²) < 4.78 is 0. The molecule has 0 spiro atoms. The second-order valence-electron chi connectivity index (χ2n) is 4.76. The fourth-order valence-electron chi connectivity index (χ4n) is 2.17. The Kier molecular flexibility index (Phi) is 3.90. The zero-order valence-corrected chi connectivity index (χ0v) is 11.2. The van der Waals surface area contributed by atoms with Crippen LogP contribution in [0.4, 0.5) is 0 Å². The molecule has 0 fully saturated rings. The van der Waals surface area contributed by atoms with Gasteiger partial charge < -0.3 is 5.32 Å². The normalized spacial score (nSPS) is 10.6. The van der Waals surface area contributed by atoms with E-state index in [1.165, 1.54) is 11.1 Å². The van der Waals surface area contributed by atoms with E-state index < -0.39 is 0 Å². The van der Waals surface area contributed by atoms with Crippen LogP contribution in [0, 0.1) is 0 Å². The molecule has 3 rings (SSSR count). The number of aromatic nitrogens is 2. The molecule has 3 aromatic rings. The van der Waals surface area contributed by atoms with Crippen molar-refractivity contribution in [3.8, 4) is 11.3 Å². The lowest BCUT2D eigenvalue weighted by Crippen LogP contribution is -2.12. The highest BCUT2D eigenvalue weighted by molar-refractivity contribution is 5.58. The van der Waals surface area contributed by atoms with Crippen molar-refractivity contribution in [2.45, 2.75) is 13.1 Å². The fraction of sp³-hybridized carbons (Fsp3) is 0.118. The third kappa shape index (κ3) is 3.13. The lowest BCUT2D eigenvalue weighted by molar-refractivity contribution is 0.693. The minimum Gasteiger partial charge on any atom is -0.309 e. The van der Waals surface area contributed by atoms with Gasteiger partial charge in [-0.2, -0.15) is 5.10 Å². The van der Waals surface area contributed by atoms with Crippen molar-refractivity contribution in [3.63, 3.8) is 0 Å². The summed E-state index contributed by atoms with van der Waals surface area (Å²) >= 11 is 0. The van der Waals surface area contributed by atoms with E-state index in [-0.39, 0.29) is 0 Å². The SMILES string of the molecule is c1ccc(CNCc2ccc(-c3ccn[nH]3)cc2)cc1. The number of aromatic amines is 1. The molecule has 0 saturated carbocycles. The Balaban J connectivity index is 1.56. The summed E-state index contributed by atoms with van der Waals surface area (Å²) in [6.45, 7) is 1.77. The third-order valence-corrected chi connectivity index (χ3v) is 3.27. The Labute approximate surface area is 118 Å². The molecule has 3 nitrogen and oxygen atoms in total. The van der Waals surface area contributed by atoms with Gasteiger partial charge >= 0.3 is 0 Å². The molecule has 0 aliphatic carbocycles. The maximum atomic E-state index is 3.97. The quantitative estimate of drug-likeness (QED) is 0.741. The first-order chi connectivity index (χ1) is 9.92. The summed E-state index contributed by atoms with van der Waals surface area (Å²) in [4.78, 5) is 0. The van der Waals surface area contributed by atoms with Crippen LogP contribution < -0.4 is 5.32 Å². The van der Waals surface area contributed by atoms with Gasteiger partial charge in [0.2, 0.25) is 0 Å². The number of benzene rings is 2. The molecule has 1 heterocycles. The average molecular weight is 263 g/mol. The standard InChI is InChI=1S/C17H17N3/c1-2-4-14(5-3-1)12-18-13-15-6-8-16(9-7-15)17-10-11-19-20-17/h1-11,18H,12-13H2,(H,19,20). The Morgan fingerprint density at radius 2 is 1.50 bits per heavy atom. The minimum atomic E-state index is 0.873. The molecule has 20 heavy (non-hydrogen) atoms. The Hall–Kier alpha value is -2.39. The van der Waals surface area contributed by atoms with Crippen LogP contribution in [0.2, 0.25) is 0 Å². The molecular weight excluding hydrogens is 246 g/mol. The van der Waals surface area contributed by atoms with Gasteiger partial charge in [0, 0.05) is 19.3 Å². The first kappa shape index (κ1) is 12.6. The summed E-state index contributed by atoms with van der Waals surface area (Å²) in [5, 5.41) is 10.4. The van der Waals surface area contributed by atoms with E-state index in [2.05, 4.69) is 64.0 Å². The summed E-state index contributed by atoms with van der Waals surface area (Å²) in [5.41, 5.74) is 4.80. The first-order valence-electron chi connectivity index (χ1n) is 6.75. The van der Waals surface area contributed by atoms with Gasteiger partial charge in [-0.3, -0.25) is 5.10 Å². The molecule has 2 N–H and O–H groups in total. The number of nitrogens with one attached hydrogen (secondary N) is 2. The third-order valence-electron chi connectivity index (χ3n) is 3.27. The van der Waals surface area contributed by atoms with Crippen molar-refractivity contribution in [3.05, 3.63) is 78.0 Å². The molecule has 3 heteroatoms. The van der Waals surface area contributed by atoms with Crippen LogP contribution in [0.3, 0.4) is 0 Å². The zero-order chi connectivity index (χ0) is 13.6. The van der Waals surface area contributed by atoms with Gasteiger partial charge in [-0.05, 0) is 22.8 Å². The van der Waals surface area contributed by atoms with E-state index in [9.17, 15) is 0 Å². The van der Waals surface area contributed by atoms with Gasteiger partial charge in [-0.1, -0.05) is 54.6 Å². The van der Waals surface area contributed by atoms with Gasteiger partial charge in [-0.15, -0.1) is 0 Å². The number of H-pyrrole nitrogens is 1.